The highest BCUT2D eigenvalue weighted by atomic mass is 79.9. The van der Waals surface area contributed by atoms with Gasteiger partial charge in [0.15, 0.2) is 5.69 Å². The summed E-state index contributed by atoms with van der Waals surface area (Å²) < 4.78 is 5.00. The second-order valence-electron chi connectivity index (χ2n) is 2.12. The zero-order valence-corrected chi connectivity index (χ0v) is 8.33. The summed E-state index contributed by atoms with van der Waals surface area (Å²) >= 11 is 3.14. The molecule has 0 aliphatic rings. The fourth-order valence-corrected chi connectivity index (χ4v) is 1.29. The molecule has 66 valence electrons. The molecule has 1 heterocycles. The van der Waals surface area contributed by atoms with E-state index in [1.165, 1.54) is 13.3 Å². The zero-order valence-electron chi connectivity index (χ0n) is 6.74. The third kappa shape index (κ3) is 1.84. The average molecular weight is 241 g/mol. The Bertz CT molecular complexity index is 384. The summed E-state index contributed by atoms with van der Waals surface area (Å²) in [6.07, 6.45) is 1.44. The Balaban J connectivity index is 3.33. The number of ether oxygens (including phenoxy) is 1. The Morgan fingerprint density at radius 2 is 2.46 bits per heavy atom. The van der Waals surface area contributed by atoms with Gasteiger partial charge in [0.1, 0.15) is 11.6 Å². The van der Waals surface area contributed by atoms with Crippen LogP contribution in [0.4, 0.5) is 0 Å². The number of carbonyl (C=O) groups excluding carboxylic acids is 1. The van der Waals surface area contributed by atoms with Gasteiger partial charge in [0.2, 0.25) is 0 Å². The van der Waals surface area contributed by atoms with Gasteiger partial charge in [0.05, 0.1) is 7.11 Å². The SMILES string of the molecule is COC(=O)c1c(Br)ccnc1C#N. The first-order chi connectivity index (χ1) is 6.20. The van der Waals surface area contributed by atoms with Gasteiger partial charge in [0, 0.05) is 10.7 Å². The number of hydrogen-bond acceptors (Lipinski definition) is 4. The molecule has 0 bridgehead atoms. The number of methoxy groups -OCH3 is 1. The van der Waals surface area contributed by atoms with Crippen LogP contribution in [0.25, 0.3) is 0 Å². The van der Waals surface area contributed by atoms with E-state index in [1.54, 1.807) is 6.07 Å². The Hall–Kier alpha value is -1.41. The number of nitriles is 1. The molecule has 0 saturated carbocycles. The van der Waals surface area contributed by atoms with Crippen molar-refractivity contribution in [2.75, 3.05) is 7.11 Å². The van der Waals surface area contributed by atoms with Crippen molar-refractivity contribution in [2.45, 2.75) is 0 Å². The molecule has 4 nitrogen and oxygen atoms in total. The van der Waals surface area contributed by atoms with Crippen LogP contribution in [0.1, 0.15) is 16.1 Å². The normalized spacial score (nSPS) is 9.00. The van der Waals surface area contributed by atoms with Crippen LogP contribution in [0, 0.1) is 11.3 Å². The summed E-state index contributed by atoms with van der Waals surface area (Å²) in [7, 11) is 1.25. The van der Waals surface area contributed by atoms with E-state index >= 15 is 0 Å². The van der Waals surface area contributed by atoms with Crippen LogP contribution >= 0.6 is 15.9 Å². The van der Waals surface area contributed by atoms with Crippen molar-refractivity contribution < 1.29 is 9.53 Å². The molecule has 0 aromatic carbocycles. The molecule has 0 atom stereocenters. The lowest BCUT2D eigenvalue weighted by molar-refractivity contribution is 0.0599. The molecule has 0 amide bonds. The van der Waals surface area contributed by atoms with Gasteiger partial charge in [-0.3, -0.25) is 0 Å². The minimum absolute atomic E-state index is 0.0567. The molecule has 13 heavy (non-hydrogen) atoms. The Morgan fingerprint density at radius 1 is 1.77 bits per heavy atom. The van der Waals surface area contributed by atoms with Gasteiger partial charge in [-0.2, -0.15) is 5.26 Å². The van der Waals surface area contributed by atoms with Crippen LogP contribution in [0.3, 0.4) is 0 Å². The number of hydrogen-bond donors (Lipinski definition) is 0. The van der Waals surface area contributed by atoms with Crippen molar-refractivity contribution in [3.63, 3.8) is 0 Å². The highest BCUT2D eigenvalue weighted by molar-refractivity contribution is 9.10. The molecule has 1 aromatic rings. The summed E-state index contributed by atoms with van der Waals surface area (Å²) in [5.74, 6) is -0.573. The number of nitrogens with zero attached hydrogens (tertiary/aromatic N) is 2. The van der Waals surface area contributed by atoms with Crippen LogP contribution in [0.5, 0.6) is 0 Å². The average Bonchev–Trinajstić information content (AvgIpc) is 2.16. The van der Waals surface area contributed by atoms with Gasteiger partial charge < -0.3 is 4.74 Å². The number of esters is 1. The van der Waals surface area contributed by atoms with Gasteiger partial charge in [-0.1, -0.05) is 0 Å². The summed E-state index contributed by atoms with van der Waals surface area (Å²) in [5, 5.41) is 8.65. The molecular weight excluding hydrogens is 236 g/mol. The molecule has 0 fully saturated rings. The lowest BCUT2D eigenvalue weighted by Crippen LogP contribution is -2.06. The zero-order chi connectivity index (χ0) is 9.84. The molecule has 0 saturated heterocycles. The minimum Gasteiger partial charge on any atom is -0.465 e. The van der Waals surface area contributed by atoms with Crippen molar-refractivity contribution in [1.29, 1.82) is 5.26 Å². The fourth-order valence-electron chi connectivity index (χ4n) is 0.819. The molecule has 1 rings (SSSR count). The van der Waals surface area contributed by atoms with Crippen LogP contribution in [-0.2, 0) is 4.74 Å². The van der Waals surface area contributed by atoms with E-state index < -0.39 is 5.97 Å². The second-order valence-corrected chi connectivity index (χ2v) is 2.97. The van der Waals surface area contributed by atoms with E-state index in [0.717, 1.165) is 0 Å². The molecule has 0 N–H and O–H groups in total. The largest absolute Gasteiger partial charge is 0.465 e. The topological polar surface area (TPSA) is 63.0 Å². The van der Waals surface area contributed by atoms with Crippen molar-refractivity contribution in [2.24, 2.45) is 0 Å². The highest BCUT2D eigenvalue weighted by Gasteiger charge is 2.16. The maximum Gasteiger partial charge on any atom is 0.341 e. The van der Waals surface area contributed by atoms with Crippen LogP contribution in [-0.4, -0.2) is 18.1 Å². The minimum atomic E-state index is -0.573. The van der Waals surface area contributed by atoms with E-state index in [9.17, 15) is 4.79 Å². The smallest absolute Gasteiger partial charge is 0.341 e. The van der Waals surface area contributed by atoms with Crippen molar-refractivity contribution in [1.82, 2.24) is 4.98 Å². The highest BCUT2D eigenvalue weighted by Crippen LogP contribution is 2.18. The molecule has 0 unspecified atom stereocenters. The van der Waals surface area contributed by atoms with E-state index in [4.69, 9.17) is 5.26 Å². The summed E-state index contributed by atoms with van der Waals surface area (Å²) in [5.41, 5.74) is 0.216. The van der Waals surface area contributed by atoms with Gasteiger partial charge >= 0.3 is 5.97 Å². The first-order valence-electron chi connectivity index (χ1n) is 3.33. The van der Waals surface area contributed by atoms with E-state index in [0.29, 0.717) is 4.47 Å². The first kappa shape index (κ1) is 9.68. The lowest BCUT2D eigenvalue weighted by atomic mass is 10.2. The van der Waals surface area contributed by atoms with Gasteiger partial charge in [-0.15, -0.1) is 0 Å². The van der Waals surface area contributed by atoms with Crippen molar-refractivity contribution in [3.05, 3.63) is 28.0 Å². The van der Waals surface area contributed by atoms with Gasteiger partial charge in [-0.05, 0) is 22.0 Å². The molecule has 1 aromatic heterocycles. The van der Waals surface area contributed by atoms with E-state index in [2.05, 4.69) is 25.7 Å². The van der Waals surface area contributed by atoms with Crippen molar-refractivity contribution >= 4 is 21.9 Å². The number of carbonyl (C=O) groups is 1. The van der Waals surface area contributed by atoms with E-state index in [-0.39, 0.29) is 11.3 Å². The monoisotopic (exact) mass is 240 g/mol. The Kier molecular flexibility index (Phi) is 2.98. The third-order valence-electron chi connectivity index (χ3n) is 1.40. The quantitative estimate of drug-likeness (QED) is 0.699. The van der Waals surface area contributed by atoms with E-state index in [1.807, 2.05) is 6.07 Å². The molecule has 0 spiro atoms. The second kappa shape index (κ2) is 4.01. The summed E-state index contributed by atoms with van der Waals surface area (Å²) in [6, 6.07) is 3.39. The molecular formula is C8H5BrN2O2. The third-order valence-corrected chi connectivity index (χ3v) is 2.06. The summed E-state index contributed by atoms with van der Waals surface area (Å²) in [4.78, 5) is 14.9. The number of rotatable bonds is 1. The maximum absolute atomic E-state index is 11.2. The van der Waals surface area contributed by atoms with Gasteiger partial charge in [-0.25, -0.2) is 9.78 Å². The summed E-state index contributed by atoms with van der Waals surface area (Å²) in [6.45, 7) is 0. The van der Waals surface area contributed by atoms with Gasteiger partial charge in [0.25, 0.3) is 0 Å². The predicted molar refractivity (Wildman–Crippen MR) is 48.0 cm³/mol. The van der Waals surface area contributed by atoms with Crippen LogP contribution < -0.4 is 0 Å². The number of halogens is 1. The van der Waals surface area contributed by atoms with Crippen molar-refractivity contribution in [3.8, 4) is 6.07 Å². The maximum atomic E-state index is 11.2. The Morgan fingerprint density at radius 3 is 3.00 bits per heavy atom. The first-order valence-corrected chi connectivity index (χ1v) is 4.13. The molecule has 0 aliphatic heterocycles. The fraction of sp³-hybridized carbons (Fsp3) is 0.125. The Labute approximate surface area is 83.3 Å². The van der Waals surface area contributed by atoms with Crippen LogP contribution in [0.15, 0.2) is 16.7 Å². The van der Waals surface area contributed by atoms with Crippen LogP contribution in [0.2, 0.25) is 0 Å². The number of aromatic nitrogens is 1. The number of pyridine rings is 1. The predicted octanol–water partition coefficient (Wildman–Crippen LogP) is 1.50. The standard InChI is InChI=1S/C8H5BrN2O2/c1-13-8(12)7-5(9)2-3-11-6(7)4-10/h2-3H,1H3. The lowest BCUT2D eigenvalue weighted by Gasteiger charge is -2.02. The molecule has 0 aliphatic carbocycles. The molecule has 0 radical (unpaired) electrons. The molecule has 5 heteroatoms.